The Hall–Kier alpha value is -2.35. The van der Waals surface area contributed by atoms with Crippen LogP contribution in [0.2, 0.25) is 0 Å². The Bertz CT molecular complexity index is 806. The van der Waals surface area contributed by atoms with Crippen molar-refractivity contribution < 1.29 is 14.0 Å². The summed E-state index contributed by atoms with van der Waals surface area (Å²) in [6.45, 7) is 7.68. The minimum Gasteiger partial charge on any atom is -0.456 e. The monoisotopic (exact) mass is 390 g/mol. The third-order valence-corrected chi connectivity index (χ3v) is 5.84. The summed E-state index contributed by atoms with van der Waals surface area (Å²) in [6.07, 6.45) is 2.29. The number of carbonyl (C=O) groups is 2. The van der Waals surface area contributed by atoms with Crippen molar-refractivity contribution in [3.05, 3.63) is 39.2 Å². The van der Waals surface area contributed by atoms with Crippen molar-refractivity contribution in [2.24, 2.45) is 0 Å². The van der Waals surface area contributed by atoms with Crippen molar-refractivity contribution in [1.82, 2.24) is 20.5 Å². The summed E-state index contributed by atoms with van der Waals surface area (Å²) in [6, 6.07) is 3.48. The summed E-state index contributed by atoms with van der Waals surface area (Å²) in [5.74, 6) is 0.859. The van der Waals surface area contributed by atoms with E-state index in [9.17, 15) is 9.59 Å². The number of thiazole rings is 1. The van der Waals surface area contributed by atoms with E-state index in [1.807, 2.05) is 25.7 Å². The second-order valence-electron chi connectivity index (χ2n) is 6.87. The topological polar surface area (TPSA) is 87.5 Å². The molecule has 1 aliphatic heterocycles. The van der Waals surface area contributed by atoms with Gasteiger partial charge in [-0.1, -0.05) is 0 Å². The highest BCUT2D eigenvalue weighted by Gasteiger charge is 2.24. The SMILES string of the molecule is Cc1ccc(C(=O)NC2CCN(C(=O)NCCc3sc(C)nc3C)CC2)o1. The highest BCUT2D eigenvalue weighted by Crippen LogP contribution is 2.17. The summed E-state index contributed by atoms with van der Waals surface area (Å²) in [5, 5.41) is 7.03. The normalized spacial score (nSPS) is 15.0. The molecule has 0 bridgehead atoms. The van der Waals surface area contributed by atoms with Crippen LogP contribution in [-0.4, -0.2) is 47.5 Å². The molecule has 1 fully saturated rings. The Morgan fingerprint density at radius 2 is 2.00 bits per heavy atom. The zero-order valence-electron chi connectivity index (χ0n) is 16.0. The number of likely N-dealkylation sites (tertiary alicyclic amines) is 1. The van der Waals surface area contributed by atoms with E-state index in [1.165, 1.54) is 4.88 Å². The van der Waals surface area contributed by atoms with Crippen LogP contribution in [0.15, 0.2) is 16.5 Å². The Morgan fingerprint density at radius 3 is 2.59 bits per heavy atom. The number of rotatable bonds is 5. The number of amides is 3. The molecule has 0 saturated carbocycles. The number of aryl methyl sites for hydroxylation is 3. The molecule has 8 heteroatoms. The average molecular weight is 391 g/mol. The zero-order valence-corrected chi connectivity index (χ0v) is 16.8. The highest BCUT2D eigenvalue weighted by atomic mass is 32.1. The van der Waals surface area contributed by atoms with Gasteiger partial charge in [0.15, 0.2) is 5.76 Å². The number of hydrogen-bond acceptors (Lipinski definition) is 5. The van der Waals surface area contributed by atoms with Gasteiger partial charge >= 0.3 is 6.03 Å². The number of aromatic nitrogens is 1. The largest absolute Gasteiger partial charge is 0.456 e. The van der Waals surface area contributed by atoms with E-state index in [0.29, 0.717) is 25.4 Å². The van der Waals surface area contributed by atoms with E-state index in [4.69, 9.17) is 4.42 Å². The molecule has 0 aliphatic carbocycles. The number of hydrogen-bond donors (Lipinski definition) is 2. The van der Waals surface area contributed by atoms with Crippen molar-refractivity contribution in [3.63, 3.8) is 0 Å². The van der Waals surface area contributed by atoms with Gasteiger partial charge in [-0.3, -0.25) is 4.79 Å². The van der Waals surface area contributed by atoms with Crippen LogP contribution in [0.4, 0.5) is 4.79 Å². The van der Waals surface area contributed by atoms with Gasteiger partial charge in [-0.2, -0.15) is 0 Å². The van der Waals surface area contributed by atoms with Crippen LogP contribution in [0, 0.1) is 20.8 Å². The molecule has 3 amide bonds. The number of urea groups is 1. The maximum Gasteiger partial charge on any atom is 0.317 e. The van der Waals surface area contributed by atoms with Crippen LogP contribution in [0.3, 0.4) is 0 Å². The second-order valence-corrected chi connectivity index (χ2v) is 8.16. The predicted octanol–water partition coefficient (Wildman–Crippen LogP) is 2.81. The fourth-order valence-corrected chi connectivity index (χ4v) is 4.18. The standard InChI is InChI=1S/C19H26N4O3S/c1-12-4-5-16(26-12)18(24)22-15-7-10-23(11-8-15)19(25)20-9-6-17-13(2)21-14(3)27-17/h4-5,15H,6-11H2,1-3H3,(H,20,25)(H,22,24). The van der Waals surface area contributed by atoms with E-state index in [-0.39, 0.29) is 18.0 Å². The second kappa shape index (κ2) is 8.56. The van der Waals surface area contributed by atoms with E-state index in [1.54, 1.807) is 23.5 Å². The molecule has 2 N–H and O–H groups in total. The molecule has 0 aromatic carbocycles. The summed E-state index contributed by atoms with van der Waals surface area (Å²) in [7, 11) is 0. The lowest BCUT2D eigenvalue weighted by Gasteiger charge is -2.32. The number of nitrogens with zero attached hydrogens (tertiary/aromatic N) is 2. The molecule has 3 heterocycles. The summed E-state index contributed by atoms with van der Waals surface area (Å²) in [5.41, 5.74) is 1.05. The van der Waals surface area contributed by atoms with Crippen LogP contribution >= 0.6 is 11.3 Å². The number of nitrogens with one attached hydrogen (secondary N) is 2. The molecule has 2 aromatic heterocycles. The van der Waals surface area contributed by atoms with E-state index >= 15 is 0 Å². The van der Waals surface area contributed by atoms with Gasteiger partial charge in [0.05, 0.1) is 10.7 Å². The lowest BCUT2D eigenvalue weighted by molar-refractivity contribution is 0.0888. The fourth-order valence-electron chi connectivity index (χ4n) is 3.24. The molecule has 0 atom stereocenters. The van der Waals surface area contributed by atoms with E-state index < -0.39 is 0 Å². The van der Waals surface area contributed by atoms with Gasteiger partial charge in [-0.15, -0.1) is 11.3 Å². The molecule has 27 heavy (non-hydrogen) atoms. The maximum atomic E-state index is 12.3. The lowest BCUT2D eigenvalue weighted by Crippen LogP contribution is -2.49. The smallest absolute Gasteiger partial charge is 0.317 e. The molecule has 0 unspecified atom stereocenters. The minimum absolute atomic E-state index is 0.0414. The maximum absolute atomic E-state index is 12.3. The average Bonchev–Trinajstić information content (AvgIpc) is 3.20. The molecule has 0 radical (unpaired) electrons. The van der Waals surface area contributed by atoms with Crippen LogP contribution in [0.5, 0.6) is 0 Å². The third-order valence-electron chi connectivity index (χ3n) is 4.71. The van der Waals surface area contributed by atoms with Crippen molar-refractivity contribution in [2.45, 2.75) is 46.1 Å². The minimum atomic E-state index is -0.193. The quantitative estimate of drug-likeness (QED) is 0.822. The Morgan fingerprint density at radius 1 is 1.26 bits per heavy atom. The molecule has 1 saturated heterocycles. The summed E-state index contributed by atoms with van der Waals surface area (Å²) in [4.78, 5) is 31.9. The first-order chi connectivity index (χ1) is 12.9. The van der Waals surface area contributed by atoms with Gasteiger partial charge in [0, 0.05) is 37.0 Å². The van der Waals surface area contributed by atoms with Crippen LogP contribution in [-0.2, 0) is 6.42 Å². The number of piperidine rings is 1. The first kappa shape index (κ1) is 19.4. The zero-order chi connectivity index (χ0) is 19.4. The molecule has 146 valence electrons. The number of carbonyl (C=O) groups excluding carboxylic acids is 2. The Balaban J connectivity index is 1.38. The van der Waals surface area contributed by atoms with E-state index in [0.717, 1.165) is 35.7 Å². The highest BCUT2D eigenvalue weighted by molar-refractivity contribution is 7.11. The molecule has 0 spiro atoms. The predicted molar refractivity (Wildman–Crippen MR) is 104 cm³/mol. The van der Waals surface area contributed by atoms with Gasteiger partial charge in [-0.25, -0.2) is 9.78 Å². The molecule has 7 nitrogen and oxygen atoms in total. The first-order valence-electron chi connectivity index (χ1n) is 9.25. The van der Waals surface area contributed by atoms with Gasteiger partial charge in [0.2, 0.25) is 0 Å². The van der Waals surface area contributed by atoms with Gasteiger partial charge in [-0.05, 0) is 45.7 Å². The van der Waals surface area contributed by atoms with Gasteiger partial charge in [0.25, 0.3) is 5.91 Å². The fraction of sp³-hybridized carbons (Fsp3) is 0.526. The Kier molecular flexibility index (Phi) is 6.15. The lowest BCUT2D eigenvalue weighted by atomic mass is 10.1. The van der Waals surface area contributed by atoms with Gasteiger partial charge < -0.3 is 20.0 Å². The van der Waals surface area contributed by atoms with Crippen LogP contribution < -0.4 is 10.6 Å². The first-order valence-corrected chi connectivity index (χ1v) is 10.1. The van der Waals surface area contributed by atoms with E-state index in [2.05, 4.69) is 15.6 Å². The molecule has 3 rings (SSSR count). The Labute approximate surface area is 163 Å². The summed E-state index contributed by atoms with van der Waals surface area (Å²) >= 11 is 1.68. The van der Waals surface area contributed by atoms with Crippen molar-refractivity contribution in [1.29, 1.82) is 0 Å². The van der Waals surface area contributed by atoms with Crippen LogP contribution in [0.1, 0.15) is 44.7 Å². The van der Waals surface area contributed by atoms with Crippen molar-refractivity contribution in [3.8, 4) is 0 Å². The molecule has 2 aromatic rings. The molecular formula is C19H26N4O3S. The van der Waals surface area contributed by atoms with Gasteiger partial charge in [0.1, 0.15) is 5.76 Å². The molecule has 1 aliphatic rings. The third kappa shape index (κ3) is 5.09. The van der Waals surface area contributed by atoms with Crippen molar-refractivity contribution >= 4 is 23.3 Å². The van der Waals surface area contributed by atoms with Crippen molar-refractivity contribution in [2.75, 3.05) is 19.6 Å². The number of furan rings is 1. The molecular weight excluding hydrogens is 364 g/mol. The van der Waals surface area contributed by atoms with Crippen LogP contribution in [0.25, 0.3) is 0 Å². The summed E-state index contributed by atoms with van der Waals surface area (Å²) < 4.78 is 5.35.